The zero-order valence-corrected chi connectivity index (χ0v) is 45.7. The number of aromatic amines is 3. The Labute approximate surface area is 495 Å². The summed E-state index contributed by atoms with van der Waals surface area (Å²) in [5.74, 6) is 7.07. The molecule has 12 heterocycles. The van der Waals surface area contributed by atoms with E-state index in [9.17, 15) is 75.3 Å². The van der Waals surface area contributed by atoms with Crippen LogP contribution in [0.1, 0.15) is 24.9 Å². The minimum atomic E-state index is -2.26. The van der Waals surface area contributed by atoms with Crippen LogP contribution in [-0.2, 0) is 18.9 Å². The van der Waals surface area contributed by atoms with Gasteiger partial charge in [-0.1, -0.05) is 35.9 Å². The number of imidazole rings is 2. The number of nitrogens with two attached hydrogens (primary N) is 4. The van der Waals surface area contributed by atoms with Crippen molar-refractivity contribution in [3.8, 4) is 49.4 Å². The second-order valence-electron chi connectivity index (χ2n) is 19.8. The van der Waals surface area contributed by atoms with Crippen molar-refractivity contribution in [2.75, 3.05) is 49.4 Å². The maximum atomic E-state index is 14.1. The largest absolute Gasteiger partial charge is 0.394 e. The highest BCUT2D eigenvalue weighted by Gasteiger charge is 2.59. The van der Waals surface area contributed by atoms with E-state index in [4.69, 9.17) is 79.8 Å². The molecule has 0 amide bonds. The Kier molecular flexibility index (Phi) is 17.2. The molecule has 0 radical (unpaired) electrons. The number of anilines is 4. The number of ether oxygens (including phenoxy) is 4. The first-order valence-electron chi connectivity index (χ1n) is 25.4. The number of H-pyrrole nitrogens is 3. The highest BCUT2D eigenvalue weighted by molar-refractivity contribution is 7.71. The molecule has 0 spiro atoms. The number of halogens is 1. The number of aliphatic hydroxyl groups excluding tert-OH is 8. The van der Waals surface area contributed by atoms with Crippen molar-refractivity contribution in [2.45, 2.75) is 96.1 Å². The molecule has 4 unspecified atom stereocenters. The molecule has 0 aliphatic carbocycles. The number of terminal acetylenes is 4. The van der Waals surface area contributed by atoms with E-state index < -0.39 is 145 Å². The van der Waals surface area contributed by atoms with Gasteiger partial charge in [-0.3, -0.25) is 33.3 Å². The summed E-state index contributed by atoms with van der Waals surface area (Å²) in [6.07, 6.45) is 12.3. The molecule has 4 aliphatic heterocycles. The van der Waals surface area contributed by atoms with E-state index >= 15 is 0 Å². The molecule has 0 saturated carbocycles. The molecule has 464 valence electrons. The molecule has 8 aromatic heterocycles. The van der Waals surface area contributed by atoms with E-state index in [0.29, 0.717) is 22.3 Å². The van der Waals surface area contributed by atoms with Gasteiger partial charge in [-0.2, -0.15) is 15.0 Å². The Balaban J connectivity index is 0.000000140. The normalized spacial score (nSPS) is 31.5. The highest BCUT2D eigenvalue weighted by Crippen LogP contribution is 2.43. The molecule has 12 rings (SSSR count). The molecule has 4 saturated heterocycles. The van der Waals surface area contributed by atoms with Crippen molar-refractivity contribution < 1.29 is 84.6 Å². The predicted molar refractivity (Wildman–Crippen MR) is 299 cm³/mol. The number of aromatic nitrogens is 14. The maximum absolute atomic E-state index is 14.1. The van der Waals surface area contributed by atoms with Crippen LogP contribution >= 0.6 is 12.2 Å². The Morgan fingerprint density at radius 1 is 0.580 bits per heavy atom. The zero-order valence-electron chi connectivity index (χ0n) is 44.9. The highest BCUT2D eigenvalue weighted by atomic mass is 32.1. The number of nitrogens with one attached hydrogen (secondary N) is 3. The summed E-state index contributed by atoms with van der Waals surface area (Å²) in [5, 5.41) is 119. The van der Waals surface area contributed by atoms with Gasteiger partial charge in [0.05, 0.1) is 50.7 Å². The van der Waals surface area contributed by atoms with Gasteiger partial charge in [0, 0.05) is 12.4 Å². The topological polar surface area (TPSA) is 575 Å². The molecular weight excluding hydrogens is 1190 g/mol. The van der Waals surface area contributed by atoms with Gasteiger partial charge in [0.25, 0.3) is 11.1 Å². The van der Waals surface area contributed by atoms with E-state index in [1.165, 1.54) is 44.8 Å². The molecule has 4 aliphatic rings. The van der Waals surface area contributed by atoms with Crippen molar-refractivity contribution in [1.29, 1.82) is 0 Å². The quantitative estimate of drug-likeness (QED) is 0.0496. The molecule has 88 heavy (non-hydrogen) atoms. The van der Waals surface area contributed by atoms with Gasteiger partial charge in [0.15, 0.2) is 80.7 Å². The van der Waals surface area contributed by atoms with Gasteiger partial charge >= 0.3 is 0 Å². The minimum Gasteiger partial charge on any atom is -0.394 e. The fourth-order valence-electron chi connectivity index (χ4n) is 10.1. The first-order chi connectivity index (χ1) is 41.7. The van der Waals surface area contributed by atoms with Gasteiger partial charge in [0.1, 0.15) is 70.9 Å². The Bertz CT molecular complexity index is 4200. The monoisotopic (exact) mass is 1240 g/mol. The lowest BCUT2D eigenvalue weighted by Crippen LogP contribution is -2.45. The lowest BCUT2D eigenvalue weighted by Gasteiger charge is -2.26. The summed E-state index contributed by atoms with van der Waals surface area (Å²) < 4.78 is 40.9. The molecular formula is C50H53FN18O18S. The summed E-state index contributed by atoms with van der Waals surface area (Å²) in [6, 6.07) is 1.46. The van der Waals surface area contributed by atoms with Crippen LogP contribution in [0, 0.1) is 59.8 Å². The minimum absolute atomic E-state index is 0.0192. The number of nitrogens with zero attached hydrogens (tertiary/aromatic N) is 11. The van der Waals surface area contributed by atoms with Crippen molar-refractivity contribution >= 4 is 80.4 Å². The van der Waals surface area contributed by atoms with Crippen LogP contribution in [-0.4, -0.2) is 227 Å². The lowest BCUT2D eigenvalue weighted by atomic mass is 9.95. The average Bonchev–Trinajstić information content (AvgIpc) is 1.71. The number of hydrogen-bond acceptors (Lipinski definition) is 30. The summed E-state index contributed by atoms with van der Waals surface area (Å²) in [6.45, 7) is -2.16. The third-order valence-electron chi connectivity index (χ3n) is 14.6. The molecule has 16 atom stereocenters. The zero-order chi connectivity index (χ0) is 64.3. The van der Waals surface area contributed by atoms with E-state index in [2.05, 4.69) is 67.6 Å². The molecule has 38 heteroatoms. The summed E-state index contributed by atoms with van der Waals surface area (Å²) in [5.41, 5.74) is 13.8. The standard InChI is InChI=1S/C13H13FN4O5.C13H14N4O5.C12H13N5O4S.C12H13N5O4/c1-2-13(22)8(20)6(4-19)23-11(13)18-3-5(14)7-9(18)16-12(15)17-10(7)21;1-2-13(21)8(19)7(5-18)22-11(13)17-4-3-6-9(17)15-12(14)16-10(6)20;1-2-12(20)7(19)5(3-18)21-10(12)17-4-14-6-8(17)15-11(13)16-9(6)22;1-2-12(20)8(19)7(4-18)21-10(12)17-5-15-6-3-14-11(13)16-9(6)17/h1,3,6,8,11,19-20,22H,4H2,(H3,15,16,17,21);1,3-4,7-8,11,18-19,21H,5H2,(H3,14,15,16,20);1,4-5,7,10,18-20H,3H2,(H3,13,15,16,22);1,3,5,7-8,10,18-20H,4H2,(H2,13,14,16)/t6-,8+,11-,13?;7-,8+,11-,13?;5-,7+,10-,12?;7-,8+,10-,12?/m1111/s1. The first-order valence-corrected chi connectivity index (χ1v) is 25.8. The number of aliphatic hydroxyl groups is 12. The number of rotatable bonds is 8. The first kappa shape index (κ1) is 63.4. The number of nitrogen functional groups attached to an aromatic ring is 4. The van der Waals surface area contributed by atoms with Gasteiger partial charge in [-0.05, 0) is 6.07 Å². The number of fused-ring (bicyclic) bond motifs is 4. The number of hydrogen-bond donors (Lipinski definition) is 19. The molecule has 23 N–H and O–H groups in total. The maximum Gasteiger partial charge on any atom is 0.264 e. The van der Waals surface area contributed by atoms with E-state index in [0.717, 1.165) is 10.8 Å². The van der Waals surface area contributed by atoms with E-state index in [1.54, 1.807) is 0 Å². The predicted octanol–water partition coefficient (Wildman–Crippen LogP) is -7.31. The average molecular weight is 1250 g/mol. The molecule has 4 fully saturated rings. The second kappa shape index (κ2) is 23.9. The van der Waals surface area contributed by atoms with Crippen molar-refractivity contribution in [3.63, 3.8) is 0 Å². The third kappa shape index (κ3) is 10.3. The van der Waals surface area contributed by atoms with Gasteiger partial charge < -0.3 is 113 Å². The molecule has 8 aromatic rings. The van der Waals surface area contributed by atoms with Crippen LogP contribution in [0.5, 0.6) is 0 Å². The Hall–Kier alpha value is -9.11. The summed E-state index contributed by atoms with van der Waals surface area (Å²) in [4.78, 5) is 58.5. The van der Waals surface area contributed by atoms with Crippen molar-refractivity contribution in [1.82, 2.24) is 68.1 Å². The van der Waals surface area contributed by atoms with Crippen LogP contribution < -0.4 is 34.1 Å². The smallest absolute Gasteiger partial charge is 0.264 e. The van der Waals surface area contributed by atoms with E-state index in [-0.39, 0.29) is 45.1 Å². The second-order valence-corrected chi connectivity index (χ2v) is 20.2. The Morgan fingerprint density at radius 3 is 1.50 bits per heavy atom. The van der Waals surface area contributed by atoms with Gasteiger partial charge in [-0.15, -0.1) is 25.7 Å². The summed E-state index contributed by atoms with van der Waals surface area (Å²) >= 11 is 5.06. The lowest BCUT2D eigenvalue weighted by molar-refractivity contribution is -0.0721. The molecule has 0 bridgehead atoms. The molecule has 36 nitrogen and oxygen atoms in total. The van der Waals surface area contributed by atoms with Crippen LogP contribution in [0.4, 0.5) is 28.2 Å². The fraction of sp³-hybridized carbons (Fsp3) is 0.400. The van der Waals surface area contributed by atoms with E-state index in [1.807, 2.05) is 5.92 Å². The van der Waals surface area contributed by atoms with Gasteiger partial charge in [-0.25, -0.2) is 24.3 Å². The van der Waals surface area contributed by atoms with Crippen molar-refractivity contribution in [3.05, 3.63) is 68.5 Å². The SMILES string of the molecule is C#CC1(O)[C@@H](O)[C@@H](CO)O[C@H]1n1cc(F)c2c(=O)[nH]c(N)nc21.C#CC1(O)[C@@H](O)[C@@H](CO)O[C@H]1n1ccc2c(=O)[nH]c(N)nc21.C#CC1(O)[C@@H](O)[C@@H](CO)O[C@H]1n1cnc2c(=S)nc(N)[nH]c21.C#CC1(O)[C@@H](O)[C@@H](CO)O[C@H]1n1cnc2cnc(N)nc21. The van der Waals surface area contributed by atoms with Crippen LogP contribution in [0.25, 0.3) is 44.4 Å². The van der Waals surface area contributed by atoms with Crippen molar-refractivity contribution in [2.24, 2.45) is 0 Å². The van der Waals surface area contributed by atoms with Crippen LogP contribution in [0.15, 0.2) is 46.9 Å². The van der Waals surface area contributed by atoms with Gasteiger partial charge in [0.2, 0.25) is 17.8 Å². The van der Waals surface area contributed by atoms with Crippen LogP contribution in [0.2, 0.25) is 0 Å². The molecule has 0 aromatic carbocycles. The Morgan fingerprint density at radius 2 is 1.01 bits per heavy atom. The summed E-state index contributed by atoms with van der Waals surface area (Å²) in [7, 11) is 0. The van der Waals surface area contributed by atoms with Crippen LogP contribution in [0.3, 0.4) is 0 Å². The fourth-order valence-corrected chi connectivity index (χ4v) is 10.3. The third-order valence-corrected chi connectivity index (χ3v) is 14.9.